The summed E-state index contributed by atoms with van der Waals surface area (Å²) in [4.78, 5) is 24.3. The maximum atomic E-state index is 12.3. The van der Waals surface area contributed by atoms with Crippen molar-refractivity contribution in [2.45, 2.75) is 102 Å². The Kier molecular flexibility index (Phi) is 20.5. The maximum absolute atomic E-state index is 12.3. The molecular formula is C34H54N4O7S. The number of sulfone groups is 1. The second-order valence-corrected chi connectivity index (χ2v) is 13.3. The first-order chi connectivity index (χ1) is 22.3. The highest BCUT2D eigenvalue weighted by Gasteiger charge is 2.17. The van der Waals surface area contributed by atoms with Crippen LogP contribution in [0.25, 0.3) is 11.5 Å². The third-order valence-electron chi connectivity index (χ3n) is 7.26. The standard InChI is InChI=1S/C34H54N4O7S/c1-3-4-5-6-7-8-9-10-11-12-13-14-15-16-17-18-31(39)35-23-25-43-27-28-44-26-24-36-32(40)29-19-21-30(22-20-29)33-37-38-34(45-33)46(2,41)42/h10-11,19-22H,3-9,12-18,23-28H2,1-2H3,(H,35,39)(H,36,40)/b11-10-. The van der Waals surface area contributed by atoms with Crippen LogP contribution in [0.3, 0.4) is 0 Å². The quantitative estimate of drug-likeness (QED) is 0.0860. The third kappa shape index (κ3) is 18.2. The van der Waals surface area contributed by atoms with Crippen molar-refractivity contribution >= 4 is 21.7 Å². The molecule has 2 rings (SSSR count). The lowest BCUT2D eigenvalue weighted by Crippen LogP contribution is -2.28. The van der Waals surface area contributed by atoms with Gasteiger partial charge in [0.1, 0.15) is 0 Å². The second-order valence-electron chi connectivity index (χ2n) is 11.4. The molecule has 0 aliphatic rings. The van der Waals surface area contributed by atoms with Crippen LogP contribution >= 0.6 is 0 Å². The van der Waals surface area contributed by atoms with Crippen molar-refractivity contribution in [1.82, 2.24) is 20.8 Å². The van der Waals surface area contributed by atoms with Crippen LogP contribution in [0.15, 0.2) is 46.1 Å². The Bertz CT molecular complexity index is 1250. The summed E-state index contributed by atoms with van der Waals surface area (Å²) in [6.45, 7) is 4.59. The number of nitrogens with one attached hydrogen (secondary N) is 2. The van der Waals surface area contributed by atoms with Gasteiger partial charge >= 0.3 is 5.22 Å². The SMILES string of the molecule is CCCCCCCC/C=C\CCCCCCCC(=O)NCCOCCOCCNC(=O)c1ccc(-c2nnc(S(C)(=O)=O)o2)cc1. The van der Waals surface area contributed by atoms with Crippen LogP contribution in [0.1, 0.15) is 107 Å². The van der Waals surface area contributed by atoms with E-state index >= 15 is 0 Å². The number of aromatic nitrogens is 2. The zero-order valence-corrected chi connectivity index (χ0v) is 28.6. The Hall–Kier alpha value is -3.09. The van der Waals surface area contributed by atoms with Crippen molar-refractivity contribution < 1.29 is 31.9 Å². The number of rotatable bonds is 27. The van der Waals surface area contributed by atoms with Gasteiger partial charge in [0.25, 0.3) is 5.91 Å². The first-order valence-corrected chi connectivity index (χ1v) is 18.7. The molecule has 0 spiro atoms. The van der Waals surface area contributed by atoms with Crippen molar-refractivity contribution in [3.8, 4) is 11.5 Å². The van der Waals surface area contributed by atoms with Gasteiger partial charge < -0.3 is 24.5 Å². The van der Waals surface area contributed by atoms with E-state index in [1.165, 1.54) is 70.6 Å². The summed E-state index contributed by atoms with van der Waals surface area (Å²) < 4.78 is 39.1. The lowest BCUT2D eigenvalue weighted by molar-refractivity contribution is -0.121. The van der Waals surface area contributed by atoms with E-state index in [0.29, 0.717) is 57.1 Å². The fourth-order valence-electron chi connectivity index (χ4n) is 4.61. The minimum atomic E-state index is -3.59. The van der Waals surface area contributed by atoms with E-state index in [0.717, 1.165) is 19.1 Å². The molecule has 46 heavy (non-hydrogen) atoms. The lowest BCUT2D eigenvalue weighted by atomic mass is 10.1. The van der Waals surface area contributed by atoms with Crippen LogP contribution in [0.4, 0.5) is 0 Å². The second kappa shape index (κ2) is 24.1. The maximum Gasteiger partial charge on any atom is 0.335 e. The molecule has 0 aliphatic carbocycles. The highest BCUT2D eigenvalue weighted by Crippen LogP contribution is 2.20. The summed E-state index contributed by atoms with van der Waals surface area (Å²) in [5.74, 6) is -0.149. The molecule has 0 radical (unpaired) electrons. The first-order valence-electron chi connectivity index (χ1n) is 16.8. The van der Waals surface area contributed by atoms with Gasteiger partial charge in [0, 0.05) is 36.9 Å². The van der Waals surface area contributed by atoms with Gasteiger partial charge in [0.15, 0.2) is 0 Å². The molecule has 2 aromatic rings. The Morgan fingerprint density at radius 1 is 0.761 bits per heavy atom. The molecule has 12 heteroatoms. The molecule has 0 atom stereocenters. The Labute approximate surface area is 275 Å². The van der Waals surface area contributed by atoms with Crippen molar-refractivity contribution in [3.63, 3.8) is 0 Å². The summed E-state index contributed by atoms with van der Waals surface area (Å²) in [6, 6.07) is 6.37. The Balaban J connectivity index is 1.36. The van der Waals surface area contributed by atoms with E-state index in [9.17, 15) is 18.0 Å². The Morgan fingerprint density at radius 3 is 1.91 bits per heavy atom. The van der Waals surface area contributed by atoms with E-state index in [2.05, 4.69) is 39.9 Å². The van der Waals surface area contributed by atoms with E-state index in [1.807, 2.05) is 0 Å². The summed E-state index contributed by atoms with van der Waals surface area (Å²) in [6.07, 6.45) is 22.4. The average Bonchev–Trinajstić information content (AvgIpc) is 3.55. The zero-order chi connectivity index (χ0) is 33.3. The molecule has 11 nitrogen and oxygen atoms in total. The van der Waals surface area contributed by atoms with E-state index < -0.39 is 15.1 Å². The number of allylic oxidation sites excluding steroid dienone is 2. The molecule has 2 N–H and O–H groups in total. The highest BCUT2D eigenvalue weighted by molar-refractivity contribution is 7.90. The predicted octanol–water partition coefficient (Wildman–Crippen LogP) is 6.06. The molecule has 0 saturated heterocycles. The number of nitrogens with zero attached hydrogens (tertiary/aromatic N) is 2. The van der Waals surface area contributed by atoms with Gasteiger partial charge in [-0.15, -0.1) is 5.10 Å². The van der Waals surface area contributed by atoms with Crippen molar-refractivity contribution in [3.05, 3.63) is 42.0 Å². The Morgan fingerprint density at radius 2 is 1.33 bits per heavy atom. The van der Waals surface area contributed by atoms with Gasteiger partial charge in [-0.3, -0.25) is 9.59 Å². The van der Waals surface area contributed by atoms with Crippen LogP contribution in [0, 0.1) is 0 Å². The smallest absolute Gasteiger partial charge is 0.335 e. The van der Waals surface area contributed by atoms with Gasteiger partial charge in [-0.05, 0) is 56.4 Å². The molecule has 2 amide bonds. The van der Waals surface area contributed by atoms with Crippen molar-refractivity contribution in [2.24, 2.45) is 0 Å². The van der Waals surface area contributed by atoms with Crippen LogP contribution < -0.4 is 10.6 Å². The lowest BCUT2D eigenvalue weighted by Gasteiger charge is -2.08. The molecule has 1 heterocycles. The molecule has 0 aliphatic heterocycles. The molecule has 1 aromatic heterocycles. The number of carbonyl (C=O) groups excluding carboxylic acids is 2. The van der Waals surface area contributed by atoms with Crippen molar-refractivity contribution in [2.75, 3.05) is 45.8 Å². The van der Waals surface area contributed by atoms with Gasteiger partial charge in [-0.2, -0.15) is 0 Å². The topological polar surface area (TPSA) is 150 Å². The summed E-state index contributed by atoms with van der Waals surface area (Å²) in [7, 11) is -3.59. The number of unbranched alkanes of at least 4 members (excludes halogenated alkanes) is 11. The minimum Gasteiger partial charge on any atom is -0.408 e. The van der Waals surface area contributed by atoms with Gasteiger partial charge in [0.05, 0.1) is 26.4 Å². The van der Waals surface area contributed by atoms with E-state index in [-0.39, 0.29) is 17.7 Å². The molecule has 0 fully saturated rings. The highest BCUT2D eigenvalue weighted by atomic mass is 32.2. The fraction of sp³-hybridized carbons (Fsp3) is 0.647. The van der Waals surface area contributed by atoms with Gasteiger partial charge in [-0.1, -0.05) is 75.5 Å². The number of amides is 2. The van der Waals surface area contributed by atoms with E-state index in [4.69, 9.17) is 13.9 Å². The minimum absolute atomic E-state index is 0.0547. The summed E-state index contributed by atoms with van der Waals surface area (Å²) in [5.41, 5.74) is 0.925. The van der Waals surface area contributed by atoms with Gasteiger partial charge in [0.2, 0.25) is 21.6 Å². The summed E-state index contributed by atoms with van der Waals surface area (Å²) >= 11 is 0. The van der Waals surface area contributed by atoms with Crippen LogP contribution in [0.5, 0.6) is 0 Å². The molecule has 0 unspecified atom stereocenters. The number of ether oxygens (including phenoxy) is 2. The monoisotopic (exact) mass is 662 g/mol. The fourth-order valence-corrected chi connectivity index (χ4v) is 5.03. The largest absolute Gasteiger partial charge is 0.408 e. The van der Waals surface area contributed by atoms with Crippen molar-refractivity contribution in [1.29, 1.82) is 0 Å². The van der Waals surface area contributed by atoms with Crippen LogP contribution in [-0.2, 0) is 24.1 Å². The van der Waals surface area contributed by atoms with E-state index in [1.54, 1.807) is 24.3 Å². The predicted molar refractivity (Wildman–Crippen MR) is 179 cm³/mol. The first kappa shape index (κ1) is 39.1. The molecule has 0 saturated carbocycles. The molecule has 1 aromatic carbocycles. The number of carbonyl (C=O) groups is 2. The average molecular weight is 663 g/mol. The third-order valence-corrected chi connectivity index (χ3v) is 8.06. The van der Waals surface area contributed by atoms with Crippen LogP contribution in [0.2, 0.25) is 0 Å². The number of benzene rings is 1. The summed E-state index contributed by atoms with van der Waals surface area (Å²) in [5, 5.41) is 12.5. The molecule has 0 bridgehead atoms. The van der Waals surface area contributed by atoms with Gasteiger partial charge in [-0.25, -0.2) is 8.42 Å². The number of hydrogen-bond acceptors (Lipinski definition) is 9. The normalized spacial score (nSPS) is 11.7. The van der Waals surface area contributed by atoms with Crippen LogP contribution in [-0.4, -0.2) is 76.2 Å². The zero-order valence-electron chi connectivity index (χ0n) is 27.8. The number of hydrogen-bond donors (Lipinski definition) is 2. The molecular weight excluding hydrogens is 608 g/mol. The molecule has 258 valence electrons.